The molecule has 0 spiro atoms. The van der Waals surface area contributed by atoms with Crippen molar-refractivity contribution in [2.24, 2.45) is 0 Å². The molecule has 6 nitrogen and oxygen atoms in total. The normalized spacial score (nSPS) is 16.9. The van der Waals surface area contributed by atoms with E-state index in [0.717, 1.165) is 25.0 Å². The second-order valence-electron chi connectivity index (χ2n) is 6.68. The van der Waals surface area contributed by atoms with Crippen LogP contribution in [0.3, 0.4) is 0 Å². The zero-order valence-corrected chi connectivity index (χ0v) is 16.3. The number of nitrogens with zero attached hydrogens (tertiary/aromatic N) is 1. The van der Waals surface area contributed by atoms with Gasteiger partial charge in [-0.05, 0) is 50.1 Å². The van der Waals surface area contributed by atoms with Gasteiger partial charge in [-0.2, -0.15) is 0 Å². The van der Waals surface area contributed by atoms with Crippen LogP contribution in [0.15, 0.2) is 53.4 Å². The quantitative estimate of drug-likeness (QED) is 0.826. The van der Waals surface area contributed by atoms with Crippen LogP contribution in [-0.2, 0) is 14.8 Å². The van der Waals surface area contributed by atoms with E-state index in [9.17, 15) is 13.2 Å². The van der Waals surface area contributed by atoms with E-state index in [4.69, 9.17) is 4.74 Å². The van der Waals surface area contributed by atoms with Crippen LogP contribution in [0.4, 0.5) is 5.69 Å². The van der Waals surface area contributed by atoms with Gasteiger partial charge in [-0.3, -0.25) is 9.10 Å². The minimum atomic E-state index is -3.69. The van der Waals surface area contributed by atoms with Crippen molar-refractivity contribution < 1.29 is 17.9 Å². The Morgan fingerprint density at radius 2 is 1.96 bits per heavy atom. The number of carbonyl (C=O) groups is 1. The minimum absolute atomic E-state index is 0.0571. The van der Waals surface area contributed by atoms with E-state index in [1.165, 1.54) is 11.4 Å². The molecule has 1 heterocycles. The Hall–Kier alpha value is -2.38. The monoisotopic (exact) mass is 388 g/mol. The van der Waals surface area contributed by atoms with E-state index >= 15 is 0 Å². The first kappa shape index (κ1) is 19.4. The van der Waals surface area contributed by atoms with Gasteiger partial charge in [0.15, 0.2) is 0 Å². The van der Waals surface area contributed by atoms with Crippen molar-refractivity contribution >= 4 is 21.6 Å². The molecule has 1 atom stereocenters. The number of anilines is 1. The van der Waals surface area contributed by atoms with Crippen LogP contribution in [0.5, 0.6) is 0 Å². The van der Waals surface area contributed by atoms with Crippen molar-refractivity contribution in [2.45, 2.75) is 30.8 Å². The number of hydrogen-bond acceptors (Lipinski definition) is 4. The molecule has 1 amide bonds. The maximum absolute atomic E-state index is 12.8. The van der Waals surface area contributed by atoms with Crippen LogP contribution in [0, 0.1) is 6.92 Å². The van der Waals surface area contributed by atoms with Crippen molar-refractivity contribution in [2.75, 3.05) is 24.5 Å². The van der Waals surface area contributed by atoms with Gasteiger partial charge < -0.3 is 10.1 Å². The summed E-state index contributed by atoms with van der Waals surface area (Å²) in [6, 6.07) is 13.3. The molecule has 144 valence electrons. The van der Waals surface area contributed by atoms with E-state index in [2.05, 4.69) is 5.32 Å². The van der Waals surface area contributed by atoms with E-state index in [1.807, 2.05) is 6.92 Å². The average Bonchev–Trinajstić information content (AvgIpc) is 3.19. The zero-order chi connectivity index (χ0) is 19.4. The Morgan fingerprint density at radius 3 is 2.63 bits per heavy atom. The summed E-state index contributed by atoms with van der Waals surface area (Å²) in [7, 11) is -2.21. The number of carbonyl (C=O) groups excluding carboxylic acids is 1. The van der Waals surface area contributed by atoms with Gasteiger partial charge in [0.25, 0.3) is 15.9 Å². The number of amides is 1. The van der Waals surface area contributed by atoms with Crippen molar-refractivity contribution in [1.29, 1.82) is 0 Å². The molecule has 0 unspecified atom stereocenters. The maximum Gasteiger partial charge on any atom is 0.264 e. The summed E-state index contributed by atoms with van der Waals surface area (Å²) in [4.78, 5) is 12.6. The topological polar surface area (TPSA) is 75.7 Å². The highest BCUT2D eigenvalue weighted by molar-refractivity contribution is 7.92. The number of nitrogens with one attached hydrogen (secondary N) is 1. The van der Waals surface area contributed by atoms with Crippen LogP contribution in [0.2, 0.25) is 0 Å². The highest BCUT2D eigenvalue weighted by atomic mass is 32.2. The molecular weight excluding hydrogens is 364 g/mol. The molecule has 0 radical (unpaired) electrons. The molecule has 3 rings (SSSR count). The molecule has 0 aromatic heterocycles. The molecular formula is C20H24N2O4S. The van der Waals surface area contributed by atoms with Gasteiger partial charge in [-0.25, -0.2) is 8.42 Å². The molecule has 0 bridgehead atoms. The number of hydrogen-bond donors (Lipinski definition) is 1. The summed E-state index contributed by atoms with van der Waals surface area (Å²) >= 11 is 0. The van der Waals surface area contributed by atoms with E-state index in [1.54, 1.807) is 48.5 Å². The number of sulfonamides is 1. The fourth-order valence-corrected chi connectivity index (χ4v) is 4.15. The first-order valence-electron chi connectivity index (χ1n) is 8.93. The Bertz CT molecular complexity index is 904. The third-order valence-corrected chi connectivity index (χ3v) is 6.47. The van der Waals surface area contributed by atoms with E-state index in [0.29, 0.717) is 17.8 Å². The van der Waals surface area contributed by atoms with Crippen LogP contribution in [0.1, 0.15) is 28.8 Å². The predicted molar refractivity (Wildman–Crippen MR) is 105 cm³/mol. The molecule has 27 heavy (non-hydrogen) atoms. The van der Waals surface area contributed by atoms with Gasteiger partial charge in [-0.15, -0.1) is 0 Å². The van der Waals surface area contributed by atoms with Gasteiger partial charge in [0.2, 0.25) is 0 Å². The Labute approximate surface area is 160 Å². The molecule has 1 aliphatic rings. The van der Waals surface area contributed by atoms with Gasteiger partial charge in [0, 0.05) is 25.8 Å². The number of rotatable bonds is 6. The molecule has 2 aromatic carbocycles. The van der Waals surface area contributed by atoms with Crippen LogP contribution in [0.25, 0.3) is 0 Å². The van der Waals surface area contributed by atoms with Crippen LogP contribution < -0.4 is 9.62 Å². The SMILES string of the molecule is Cc1ccc(S(=O)(=O)N(C)c2cccc(C(=O)NC[C@H]3CCCO3)c2)cc1. The lowest BCUT2D eigenvalue weighted by molar-refractivity contribution is 0.0858. The fourth-order valence-electron chi connectivity index (χ4n) is 2.96. The average molecular weight is 388 g/mol. The standard InChI is InChI=1S/C20H24N2O4S/c1-15-8-10-19(11-9-15)27(24,25)22(2)17-6-3-5-16(13-17)20(23)21-14-18-7-4-12-26-18/h3,5-6,8-11,13,18H,4,7,12,14H2,1-2H3,(H,21,23)/t18-/m1/s1. The number of aryl methyl sites for hydroxylation is 1. The fraction of sp³-hybridized carbons (Fsp3) is 0.350. The highest BCUT2D eigenvalue weighted by Gasteiger charge is 2.22. The Balaban J connectivity index is 1.75. The highest BCUT2D eigenvalue weighted by Crippen LogP contribution is 2.23. The summed E-state index contributed by atoms with van der Waals surface area (Å²) in [5.74, 6) is -0.242. The Morgan fingerprint density at radius 1 is 1.22 bits per heavy atom. The summed E-state index contributed by atoms with van der Waals surface area (Å²) in [5, 5.41) is 2.85. The summed E-state index contributed by atoms with van der Waals surface area (Å²) in [6.45, 7) is 3.09. The minimum Gasteiger partial charge on any atom is -0.376 e. The predicted octanol–water partition coefficient (Wildman–Crippen LogP) is 2.73. The lowest BCUT2D eigenvalue weighted by atomic mass is 10.2. The molecule has 2 aromatic rings. The van der Waals surface area contributed by atoms with Crippen molar-refractivity contribution in [3.8, 4) is 0 Å². The first-order valence-corrected chi connectivity index (χ1v) is 10.4. The first-order chi connectivity index (χ1) is 12.9. The maximum atomic E-state index is 12.8. The lowest BCUT2D eigenvalue weighted by Gasteiger charge is -2.20. The third kappa shape index (κ3) is 4.48. The number of ether oxygens (including phenoxy) is 1. The van der Waals surface area contributed by atoms with E-state index < -0.39 is 10.0 Å². The van der Waals surface area contributed by atoms with Crippen molar-refractivity contribution in [3.63, 3.8) is 0 Å². The molecule has 7 heteroatoms. The second-order valence-corrected chi connectivity index (χ2v) is 8.65. The van der Waals surface area contributed by atoms with Crippen LogP contribution >= 0.6 is 0 Å². The molecule has 1 aliphatic heterocycles. The largest absolute Gasteiger partial charge is 0.376 e. The summed E-state index contributed by atoms with van der Waals surface area (Å²) in [6.07, 6.45) is 2.01. The molecule has 0 aliphatic carbocycles. The number of benzene rings is 2. The van der Waals surface area contributed by atoms with Gasteiger partial charge >= 0.3 is 0 Å². The second kappa shape index (κ2) is 8.10. The van der Waals surface area contributed by atoms with Crippen molar-refractivity contribution in [3.05, 3.63) is 59.7 Å². The van der Waals surface area contributed by atoms with Gasteiger partial charge in [0.1, 0.15) is 0 Å². The molecule has 1 saturated heterocycles. The third-order valence-electron chi connectivity index (χ3n) is 4.67. The van der Waals surface area contributed by atoms with Gasteiger partial charge in [-0.1, -0.05) is 23.8 Å². The molecule has 1 fully saturated rings. The summed E-state index contributed by atoms with van der Waals surface area (Å²) < 4.78 is 32.4. The zero-order valence-electron chi connectivity index (χ0n) is 15.5. The summed E-state index contributed by atoms with van der Waals surface area (Å²) in [5.41, 5.74) is 1.83. The van der Waals surface area contributed by atoms with Gasteiger partial charge in [0.05, 0.1) is 16.7 Å². The smallest absolute Gasteiger partial charge is 0.264 e. The molecule has 1 N–H and O–H groups in total. The van der Waals surface area contributed by atoms with Crippen molar-refractivity contribution in [1.82, 2.24) is 5.32 Å². The van der Waals surface area contributed by atoms with Crippen LogP contribution in [-0.4, -0.2) is 40.6 Å². The van der Waals surface area contributed by atoms with E-state index in [-0.39, 0.29) is 16.9 Å². The lowest BCUT2D eigenvalue weighted by Crippen LogP contribution is -2.32. The molecule has 0 saturated carbocycles. The Kier molecular flexibility index (Phi) is 5.82.